The van der Waals surface area contributed by atoms with Gasteiger partial charge >= 0.3 is 0 Å². The number of nitrogens with zero attached hydrogens (tertiary/aromatic N) is 1. The smallest absolute Gasteiger partial charge is 0.178 e. The van der Waals surface area contributed by atoms with Crippen LogP contribution in [0.25, 0.3) is 0 Å². The Bertz CT molecular complexity index is 716. The molecular weight excluding hydrogens is 286 g/mol. The highest BCUT2D eigenvalue weighted by Crippen LogP contribution is 2.14. The molecule has 0 fully saturated rings. The van der Waals surface area contributed by atoms with Crippen LogP contribution in [0.1, 0.15) is 12.0 Å². The molecule has 0 aliphatic heterocycles. The zero-order valence-corrected chi connectivity index (χ0v) is 12.2. The molecule has 0 aromatic heterocycles. The van der Waals surface area contributed by atoms with Crippen molar-refractivity contribution < 1.29 is 13.2 Å². The average Bonchev–Trinajstić information content (AvgIpc) is 2.53. The first-order valence-electron chi connectivity index (χ1n) is 6.52. The van der Waals surface area contributed by atoms with E-state index in [-0.39, 0.29) is 5.75 Å². The fraction of sp³-hybridized carbons (Fsp3) is 0.188. The summed E-state index contributed by atoms with van der Waals surface area (Å²) in [6.45, 7) is 0.317. The van der Waals surface area contributed by atoms with Gasteiger partial charge in [-0.25, -0.2) is 8.42 Å². The van der Waals surface area contributed by atoms with Gasteiger partial charge in [-0.3, -0.25) is 0 Å². The lowest BCUT2D eigenvalue weighted by atomic mass is 10.2. The van der Waals surface area contributed by atoms with E-state index in [1.807, 2.05) is 6.07 Å². The van der Waals surface area contributed by atoms with Gasteiger partial charge in [-0.1, -0.05) is 18.2 Å². The van der Waals surface area contributed by atoms with E-state index in [9.17, 15) is 8.42 Å². The minimum atomic E-state index is -3.25. The van der Waals surface area contributed by atoms with Crippen LogP contribution in [0.4, 0.5) is 0 Å². The molecule has 0 saturated heterocycles. The molecule has 4 nitrogen and oxygen atoms in total. The van der Waals surface area contributed by atoms with Crippen LogP contribution in [0.5, 0.6) is 5.75 Å². The Morgan fingerprint density at radius 1 is 1.00 bits per heavy atom. The molecule has 0 saturated carbocycles. The maximum Gasteiger partial charge on any atom is 0.178 e. The summed E-state index contributed by atoms with van der Waals surface area (Å²) in [6, 6.07) is 17.1. The van der Waals surface area contributed by atoms with E-state index in [1.165, 1.54) is 0 Å². The normalized spacial score (nSPS) is 10.8. The van der Waals surface area contributed by atoms with Crippen molar-refractivity contribution in [3.63, 3.8) is 0 Å². The summed E-state index contributed by atoms with van der Waals surface area (Å²) >= 11 is 0. The van der Waals surface area contributed by atoms with Gasteiger partial charge in [0.15, 0.2) is 9.84 Å². The number of hydrogen-bond donors (Lipinski definition) is 0. The zero-order valence-electron chi connectivity index (χ0n) is 11.4. The standard InChI is InChI=1S/C16H15NO3S/c17-13-14-7-9-15(10-8-14)20-11-4-12-21(18,19)16-5-2-1-3-6-16/h1-3,5-10H,4,11-12H2. The summed E-state index contributed by atoms with van der Waals surface area (Å²) in [4.78, 5) is 0.336. The molecule has 0 unspecified atom stereocenters. The average molecular weight is 301 g/mol. The number of hydrogen-bond acceptors (Lipinski definition) is 4. The predicted octanol–water partition coefficient (Wildman–Crippen LogP) is 2.80. The fourth-order valence-electron chi connectivity index (χ4n) is 1.81. The predicted molar refractivity (Wildman–Crippen MR) is 79.8 cm³/mol. The van der Waals surface area contributed by atoms with Crippen LogP contribution >= 0.6 is 0 Å². The monoisotopic (exact) mass is 301 g/mol. The molecule has 108 valence electrons. The number of nitriles is 1. The van der Waals surface area contributed by atoms with Crippen molar-refractivity contribution in [1.82, 2.24) is 0 Å². The molecule has 21 heavy (non-hydrogen) atoms. The highest BCUT2D eigenvalue weighted by Gasteiger charge is 2.13. The second-order valence-corrected chi connectivity index (χ2v) is 6.58. The lowest BCUT2D eigenvalue weighted by molar-refractivity contribution is 0.317. The third-order valence-corrected chi connectivity index (χ3v) is 4.73. The van der Waals surface area contributed by atoms with Crippen LogP contribution in [0, 0.1) is 11.3 Å². The SMILES string of the molecule is N#Cc1ccc(OCCCS(=O)(=O)c2ccccc2)cc1. The first-order chi connectivity index (χ1) is 10.1. The van der Waals surface area contributed by atoms with Gasteiger partial charge in [0.25, 0.3) is 0 Å². The van der Waals surface area contributed by atoms with Crippen LogP contribution in [-0.2, 0) is 9.84 Å². The molecule has 0 aliphatic carbocycles. The van der Waals surface area contributed by atoms with Crippen LogP contribution in [0.15, 0.2) is 59.5 Å². The van der Waals surface area contributed by atoms with Crippen molar-refractivity contribution in [3.05, 3.63) is 60.2 Å². The Labute approximate surface area is 124 Å². The summed E-state index contributed by atoms with van der Waals surface area (Å²) in [5, 5.41) is 8.68. The molecule has 5 heteroatoms. The van der Waals surface area contributed by atoms with Crippen LogP contribution in [0.3, 0.4) is 0 Å². The van der Waals surface area contributed by atoms with E-state index in [0.29, 0.717) is 29.2 Å². The summed E-state index contributed by atoms with van der Waals surface area (Å²) in [6.07, 6.45) is 0.414. The Morgan fingerprint density at radius 3 is 2.29 bits per heavy atom. The molecule has 0 N–H and O–H groups in total. The Balaban J connectivity index is 1.83. The van der Waals surface area contributed by atoms with Gasteiger partial charge in [-0.15, -0.1) is 0 Å². The van der Waals surface area contributed by atoms with Gasteiger partial charge in [-0.05, 0) is 42.8 Å². The van der Waals surface area contributed by atoms with Crippen LogP contribution in [-0.4, -0.2) is 20.8 Å². The maximum atomic E-state index is 12.0. The van der Waals surface area contributed by atoms with E-state index >= 15 is 0 Å². The molecule has 0 amide bonds. The highest BCUT2D eigenvalue weighted by atomic mass is 32.2. The summed E-state index contributed by atoms with van der Waals surface area (Å²) in [5.74, 6) is 0.680. The number of benzene rings is 2. The van der Waals surface area contributed by atoms with E-state index in [4.69, 9.17) is 10.00 Å². The van der Waals surface area contributed by atoms with E-state index < -0.39 is 9.84 Å². The number of ether oxygens (including phenoxy) is 1. The molecule has 0 radical (unpaired) electrons. The molecule has 2 rings (SSSR count). The van der Waals surface area contributed by atoms with Gasteiger partial charge < -0.3 is 4.74 Å². The lowest BCUT2D eigenvalue weighted by Crippen LogP contribution is -2.10. The van der Waals surface area contributed by atoms with Crippen molar-refractivity contribution in [1.29, 1.82) is 5.26 Å². The van der Waals surface area contributed by atoms with Gasteiger partial charge in [0, 0.05) is 0 Å². The minimum Gasteiger partial charge on any atom is -0.494 e. The molecular formula is C16H15NO3S. The van der Waals surface area contributed by atoms with Crippen LogP contribution in [0.2, 0.25) is 0 Å². The van der Waals surface area contributed by atoms with Gasteiger partial charge in [0.1, 0.15) is 5.75 Å². The molecule has 0 aliphatic rings. The van der Waals surface area contributed by atoms with Crippen molar-refractivity contribution >= 4 is 9.84 Å². The van der Waals surface area contributed by atoms with Crippen molar-refractivity contribution in [3.8, 4) is 11.8 Å². The first-order valence-corrected chi connectivity index (χ1v) is 8.18. The molecule has 0 heterocycles. The quantitative estimate of drug-likeness (QED) is 0.769. The Morgan fingerprint density at radius 2 is 1.67 bits per heavy atom. The maximum absolute atomic E-state index is 12.0. The largest absolute Gasteiger partial charge is 0.494 e. The van der Waals surface area contributed by atoms with E-state index in [2.05, 4.69) is 0 Å². The number of rotatable bonds is 6. The van der Waals surface area contributed by atoms with Gasteiger partial charge in [-0.2, -0.15) is 5.26 Å². The number of sulfone groups is 1. The van der Waals surface area contributed by atoms with Gasteiger partial charge in [0.05, 0.1) is 28.9 Å². The molecule has 2 aromatic rings. The third kappa shape index (κ3) is 4.33. The van der Waals surface area contributed by atoms with E-state index in [1.54, 1.807) is 54.6 Å². The van der Waals surface area contributed by atoms with Crippen molar-refractivity contribution in [2.75, 3.05) is 12.4 Å². The molecule has 0 spiro atoms. The van der Waals surface area contributed by atoms with E-state index in [0.717, 1.165) is 0 Å². The highest BCUT2D eigenvalue weighted by molar-refractivity contribution is 7.91. The van der Waals surface area contributed by atoms with Crippen molar-refractivity contribution in [2.24, 2.45) is 0 Å². The lowest BCUT2D eigenvalue weighted by Gasteiger charge is -2.07. The Hall–Kier alpha value is -2.32. The third-order valence-electron chi connectivity index (χ3n) is 2.91. The molecule has 0 bridgehead atoms. The fourth-order valence-corrected chi connectivity index (χ4v) is 3.12. The van der Waals surface area contributed by atoms with Crippen LogP contribution < -0.4 is 4.74 Å². The van der Waals surface area contributed by atoms with Crippen molar-refractivity contribution in [2.45, 2.75) is 11.3 Å². The zero-order chi connectivity index (χ0) is 15.1. The first kappa shape index (κ1) is 15.1. The summed E-state index contributed by atoms with van der Waals surface area (Å²) in [5.41, 5.74) is 0.564. The summed E-state index contributed by atoms with van der Waals surface area (Å²) < 4.78 is 29.5. The van der Waals surface area contributed by atoms with Gasteiger partial charge in [0.2, 0.25) is 0 Å². The summed E-state index contributed by atoms with van der Waals surface area (Å²) in [7, 11) is -3.25. The molecule has 2 aromatic carbocycles. The second kappa shape index (κ2) is 6.91. The Kier molecular flexibility index (Phi) is 4.96. The molecule has 0 atom stereocenters. The topological polar surface area (TPSA) is 67.2 Å². The second-order valence-electron chi connectivity index (χ2n) is 4.47. The minimum absolute atomic E-state index is 0.0489.